The van der Waals surface area contributed by atoms with Gasteiger partial charge in [-0.25, -0.2) is 8.96 Å². The lowest BCUT2D eigenvalue weighted by atomic mass is 9.99. The molecule has 148 valence electrons. The van der Waals surface area contributed by atoms with E-state index in [9.17, 15) is 4.39 Å². The fraction of sp³-hybridized carbons (Fsp3) is 0.160. The van der Waals surface area contributed by atoms with Crippen LogP contribution in [0.15, 0.2) is 59.3 Å². The highest BCUT2D eigenvalue weighted by atomic mass is 19.1. The second kappa shape index (κ2) is 6.73. The van der Waals surface area contributed by atoms with Crippen molar-refractivity contribution in [1.82, 2.24) is 9.97 Å². The Bertz CT molecular complexity index is 1430. The van der Waals surface area contributed by atoms with Gasteiger partial charge in [0.2, 0.25) is 0 Å². The van der Waals surface area contributed by atoms with Gasteiger partial charge in [-0.1, -0.05) is 12.1 Å². The second-order valence-electron chi connectivity index (χ2n) is 7.79. The molecule has 3 heterocycles. The molecule has 4 nitrogen and oxygen atoms in total. The van der Waals surface area contributed by atoms with Crippen LogP contribution < -0.4 is 4.57 Å². The summed E-state index contributed by atoms with van der Waals surface area (Å²) >= 11 is 0. The Morgan fingerprint density at radius 1 is 0.900 bits per heavy atom. The Kier molecular flexibility index (Phi) is 4.13. The molecule has 3 aromatic heterocycles. The lowest BCUT2D eigenvalue weighted by molar-refractivity contribution is -0.663. The van der Waals surface area contributed by atoms with Gasteiger partial charge in [-0.3, -0.25) is 4.98 Å². The number of aryl methyl sites for hydroxylation is 4. The predicted octanol–water partition coefficient (Wildman–Crippen LogP) is 5.60. The first kappa shape index (κ1) is 18.4. The highest BCUT2D eigenvalue weighted by Crippen LogP contribution is 2.37. The van der Waals surface area contributed by atoms with Crippen molar-refractivity contribution in [3.63, 3.8) is 0 Å². The number of pyridine rings is 1. The van der Waals surface area contributed by atoms with Crippen molar-refractivity contribution in [2.24, 2.45) is 7.05 Å². The molecule has 0 amide bonds. The molecule has 5 rings (SSSR count). The Morgan fingerprint density at radius 3 is 2.40 bits per heavy atom. The van der Waals surface area contributed by atoms with E-state index in [-0.39, 0.29) is 5.82 Å². The van der Waals surface area contributed by atoms with Crippen molar-refractivity contribution in [3.8, 4) is 22.5 Å². The van der Waals surface area contributed by atoms with Crippen LogP contribution in [0.4, 0.5) is 4.39 Å². The van der Waals surface area contributed by atoms with Crippen LogP contribution >= 0.6 is 0 Å². The molecule has 0 saturated heterocycles. The summed E-state index contributed by atoms with van der Waals surface area (Å²) in [5.74, 6) is -0.306. The van der Waals surface area contributed by atoms with Gasteiger partial charge >= 0.3 is 0 Å². The first-order valence-corrected chi connectivity index (χ1v) is 9.84. The Morgan fingerprint density at radius 2 is 1.63 bits per heavy atom. The van der Waals surface area contributed by atoms with Gasteiger partial charge in [0.25, 0.3) is 6.33 Å². The smallest absolute Gasteiger partial charge is 0.287 e. The summed E-state index contributed by atoms with van der Waals surface area (Å²) in [6, 6.07) is 14.9. The van der Waals surface area contributed by atoms with Crippen LogP contribution in [0, 0.1) is 26.6 Å². The van der Waals surface area contributed by atoms with Crippen molar-refractivity contribution in [2.45, 2.75) is 20.8 Å². The Balaban J connectivity index is 1.79. The minimum Gasteiger partial charge on any atom is -0.455 e. The summed E-state index contributed by atoms with van der Waals surface area (Å²) in [5.41, 5.74) is 8.16. The van der Waals surface area contributed by atoms with Gasteiger partial charge in [-0.05, 0) is 55.6 Å². The van der Waals surface area contributed by atoms with Crippen LogP contribution in [0.5, 0.6) is 0 Å². The van der Waals surface area contributed by atoms with Gasteiger partial charge in [0.1, 0.15) is 22.7 Å². The SMILES string of the molecule is Cc1cc(-c2cc(-c3c(C)ccc4c3oc3cc(F)ccc34)[n+](C)cn2)cc(C)n1. The maximum Gasteiger partial charge on any atom is 0.287 e. The van der Waals surface area contributed by atoms with Crippen molar-refractivity contribution >= 4 is 21.9 Å². The molecule has 0 radical (unpaired) electrons. The summed E-state index contributed by atoms with van der Waals surface area (Å²) in [7, 11) is 1.97. The maximum atomic E-state index is 13.8. The van der Waals surface area contributed by atoms with Crippen LogP contribution in [0.25, 0.3) is 44.5 Å². The zero-order chi connectivity index (χ0) is 21.0. The largest absolute Gasteiger partial charge is 0.455 e. The molecule has 0 fully saturated rings. The average molecular weight is 398 g/mol. The number of hydrogen-bond acceptors (Lipinski definition) is 3. The number of halogens is 1. The minimum atomic E-state index is -0.306. The van der Waals surface area contributed by atoms with E-state index in [0.717, 1.165) is 55.8 Å². The van der Waals surface area contributed by atoms with Crippen LogP contribution in [0.3, 0.4) is 0 Å². The molecule has 0 unspecified atom stereocenters. The molecule has 0 aliphatic heterocycles. The van der Waals surface area contributed by atoms with Crippen LogP contribution in [0.1, 0.15) is 17.0 Å². The van der Waals surface area contributed by atoms with Crippen molar-refractivity contribution < 1.29 is 13.4 Å². The molecule has 0 saturated carbocycles. The van der Waals surface area contributed by atoms with Gasteiger partial charge in [-0.15, -0.1) is 0 Å². The topological polar surface area (TPSA) is 42.8 Å². The van der Waals surface area contributed by atoms with Crippen molar-refractivity contribution in [3.05, 3.63) is 77.6 Å². The first-order valence-electron chi connectivity index (χ1n) is 9.84. The quantitative estimate of drug-likeness (QED) is 0.364. The van der Waals surface area contributed by atoms with Crippen LogP contribution in [-0.4, -0.2) is 9.97 Å². The fourth-order valence-electron chi connectivity index (χ4n) is 4.10. The molecule has 30 heavy (non-hydrogen) atoms. The van der Waals surface area contributed by atoms with E-state index < -0.39 is 0 Å². The highest BCUT2D eigenvalue weighted by molar-refractivity contribution is 6.09. The minimum absolute atomic E-state index is 0.306. The van der Waals surface area contributed by atoms with E-state index in [1.807, 2.05) is 50.0 Å². The summed E-state index contributed by atoms with van der Waals surface area (Å²) in [5, 5.41) is 1.88. The van der Waals surface area contributed by atoms with Crippen LogP contribution in [-0.2, 0) is 7.05 Å². The zero-order valence-corrected chi connectivity index (χ0v) is 17.3. The predicted molar refractivity (Wildman–Crippen MR) is 116 cm³/mol. The van der Waals surface area contributed by atoms with Gasteiger partial charge in [0, 0.05) is 39.9 Å². The highest BCUT2D eigenvalue weighted by Gasteiger charge is 2.21. The number of rotatable bonds is 2. The van der Waals surface area contributed by atoms with Gasteiger partial charge in [0.05, 0.1) is 12.6 Å². The van der Waals surface area contributed by atoms with E-state index in [0.29, 0.717) is 5.58 Å². The van der Waals surface area contributed by atoms with Gasteiger partial charge in [-0.2, -0.15) is 0 Å². The van der Waals surface area contributed by atoms with E-state index in [2.05, 4.69) is 29.0 Å². The average Bonchev–Trinajstić information content (AvgIpc) is 3.05. The summed E-state index contributed by atoms with van der Waals surface area (Å²) < 4.78 is 21.9. The summed E-state index contributed by atoms with van der Waals surface area (Å²) in [6.07, 6.45) is 1.82. The Hall–Kier alpha value is -3.60. The molecule has 0 N–H and O–H groups in total. The van der Waals surface area contributed by atoms with Crippen LogP contribution in [0.2, 0.25) is 0 Å². The summed E-state index contributed by atoms with van der Waals surface area (Å²) in [6.45, 7) is 6.03. The number of fused-ring (bicyclic) bond motifs is 3. The molecular formula is C25H21FN3O+. The monoisotopic (exact) mass is 398 g/mol. The lowest BCUT2D eigenvalue weighted by Gasteiger charge is -2.08. The number of aromatic nitrogens is 3. The standard InChI is InChI=1S/C25H21FN3O/c1-14-5-7-20-19-8-6-18(26)11-23(19)30-25(20)24(14)22-12-21(27-13-29(22)4)17-9-15(2)28-16(3)10-17/h5-13H,1-4H3/q+1. The number of hydrogen-bond donors (Lipinski definition) is 0. The normalized spacial score (nSPS) is 11.5. The van der Waals surface area contributed by atoms with E-state index in [1.165, 1.54) is 12.1 Å². The molecule has 0 aliphatic rings. The van der Waals surface area contributed by atoms with Crippen molar-refractivity contribution in [1.29, 1.82) is 0 Å². The Labute approximate surface area is 173 Å². The molecule has 0 bridgehead atoms. The lowest BCUT2D eigenvalue weighted by Crippen LogP contribution is -2.31. The molecular weight excluding hydrogens is 377 g/mol. The summed E-state index contributed by atoms with van der Waals surface area (Å²) in [4.78, 5) is 9.10. The third kappa shape index (κ3) is 2.94. The maximum absolute atomic E-state index is 13.8. The second-order valence-corrected chi connectivity index (χ2v) is 7.79. The fourth-order valence-corrected chi connectivity index (χ4v) is 4.10. The van der Waals surface area contributed by atoms with E-state index in [4.69, 9.17) is 4.42 Å². The third-order valence-electron chi connectivity index (χ3n) is 5.47. The third-order valence-corrected chi connectivity index (χ3v) is 5.47. The number of benzene rings is 2. The van der Waals surface area contributed by atoms with E-state index in [1.54, 1.807) is 6.07 Å². The molecule has 5 aromatic rings. The van der Waals surface area contributed by atoms with Gasteiger partial charge in [0.15, 0.2) is 5.69 Å². The number of furan rings is 1. The van der Waals surface area contributed by atoms with Crippen molar-refractivity contribution in [2.75, 3.05) is 0 Å². The first-order chi connectivity index (χ1) is 14.4. The van der Waals surface area contributed by atoms with Gasteiger partial charge < -0.3 is 4.42 Å². The molecule has 5 heteroatoms. The van der Waals surface area contributed by atoms with E-state index >= 15 is 0 Å². The molecule has 0 spiro atoms. The molecule has 2 aromatic carbocycles. The zero-order valence-electron chi connectivity index (χ0n) is 17.3. The number of nitrogens with zero attached hydrogens (tertiary/aromatic N) is 3. The molecule has 0 aliphatic carbocycles. The molecule has 0 atom stereocenters.